The Morgan fingerprint density at radius 2 is 2.27 bits per heavy atom. The Bertz CT molecular complexity index is 612. The minimum absolute atomic E-state index is 0.439. The van der Waals surface area contributed by atoms with E-state index in [4.69, 9.17) is 9.72 Å². The van der Waals surface area contributed by atoms with Gasteiger partial charge in [-0.25, -0.2) is 9.97 Å². The van der Waals surface area contributed by atoms with Crippen molar-refractivity contribution in [1.82, 2.24) is 24.8 Å². The molecular formula is C16H23N5O. The number of ether oxygens (including phenoxy) is 1. The normalized spacial score (nSPS) is 19.5. The van der Waals surface area contributed by atoms with Gasteiger partial charge in [-0.05, 0) is 26.3 Å². The molecule has 6 nitrogen and oxygen atoms in total. The predicted octanol–water partition coefficient (Wildman–Crippen LogP) is 2.00. The number of likely N-dealkylation sites (tertiary alicyclic amines) is 1. The number of piperidine rings is 1. The second kappa shape index (κ2) is 6.98. The molecule has 1 N–H and O–H groups in total. The number of hydrogen-bond donors (Lipinski definition) is 1. The maximum absolute atomic E-state index is 5.18. The SMILES string of the molecule is COCCN1CCC[C@@H](c2cncc(-c3ncc(C)[nH]3)n2)C1. The molecule has 0 aliphatic carbocycles. The van der Waals surface area contributed by atoms with Crippen molar-refractivity contribution in [2.45, 2.75) is 25.7 Å². The largest absolute Gasteiger partial charge is 0.383 e. The molecule has 118 valence electrons. The lowest BCUT2D eigenvalue weighted by Gasteiger charge is -2.32. The van der Waals surface area contributed by atoms with Gasteiger partial charge in [-0.3, -0.25) is 4.98 Å². The van der Waals surface area contributed by atoms with E-state index in [-0.39, 0.29) is 0 Å². The molecule has 22 heavy (non-hydrogen) atoms. The molecule has 0 bridgehead atoms. The summed E-state index contributed by atoms with van der Waals surface area (Å²) in [5, 5.41) is 0. The molecule has 1 fully saturated rings. The zero-order valence-corrected chi connectivity index (χ0v) is 13.2. The number of hydrogen-bond acceptors (Lipinski definition) is 5. The van der Waals surface area contributed by atoms with E-state index in [0.717, 1.165) is 49.1 Å². The van der Waals surface area contributed by atoms with Crippen molar-refractivity contribution in [3.63, 3.8) is 0 Å². The lowest BCUT2D eigenvalue weighted by Crippen LogP contribution is -2.36. The van der Waals surface area contributed by atoms with Crippen LogP contribution >= 0.6 is 0 Å². The van der Waals surface area contributed by atoms with Crippen LogP contribution in [0.15, 0.2) is 18.6 Å². The van der Waals surface area contributed by atoms with Gasteiger partial charge in [0, 0.05) is 44.2 Å². The average molecular weight is 301 g/mol. The molecule has 3 rings (SSSR count). The summed E-state index contributed by atoms with van der Waals surface area (Å²) < 4.78 is 5.18. The molecule has 0 amide bonds. The third-order valence-corrected chi connectivity index (χ3v) is 4.13. The summed E-state index contributed by atoms with van der Waals surface area (Å²) in [6.45, 7) is 5.92. The highest BCUT2D eigenvalue weighted by Gasteiger charge is 2.22. The van der Waals surface area contributed by atoms with E-state index in [1.54, 1.807) is 13.3 Å². The smallest absolute Gasteiger partial charge is 0.157 e. The van der Waals surface area contributed by atoms with Crippen molar-refractivity contribution < 1.29 is 4.74 Å². The van der Waals surface area contributed by atoms with Crippen molar-refractivity contribution in [2.75, 3.05) is 33.4 Å². The zero-order valence-electron chi connectivity index (χ0n) is 13.2. The van der Waals surface area contributed by atoms with E-state index in [1.807, 2.05) is 19.3 Å². The van der Waals surface area contributed by atoms with Crippen LogP contribution < -0.4 is 0 Å². The lowest BCUT2D eigenvalue weighted by molar-refractivity contribution is 0.127. The topological polar surface area (TPSA) is 66.9 Å². The second-order valence-corrected chi connectivity index (χ2v) is 5.88. The predicted molar refractivity (Wildman–Crippen MR) is 84.6 cm³/mol. The van der Waals surface area contributed by atoms with E-state index < -0.39 is 0 Å². The van der Waals surface area contributed by atoms with Gasteiger partial charge in [0.1, 0.15) is 5.69 Å². The highest BCUT2D eigenvalue weighted by atomic mass is 16.5. The average Bonchev–Trinajstić information content (AvgIpc) is 3.00. The van der Waals surface area contributed by atoms with Gasteiger partial charge in [-0.15, -0.1) is 0 Å². The van der Waals surface area contributed by atoms with Gasteiger partial charge in [0.25, 0.3) is 0 Å². The molecule has 0 radical (unpaired) electrons. The van der Waals surface area contributed by atoms with Crippen molar-refractivity contribution in [2.24, 2.45) is 0 Å². The van der Waals surface area contributed by atoms with Crippen LogP contribution in [0.4, 0.5) is 0 Å². The number of aryl methyl sites for hydroxylation is 1. The molecule has 1 atom stereocenters. The number of nitrogens with one attached hydrogen (secondary N) is 1. The second-order valence-electron chi connectivity index (χ2n) is 5.88. The van der Waals surface area contributed by atoms with Crippen molar-refractivity contribution in [1.29, 1.82) is 0 Å². The maximum atomic E-state index is 5.18. The fraction of sp³-hybridized carbons (Fsp3) is 0.562. The molecule has 1 aliphatic rings. The first-order chi connectivity index (χ1) is 10.8. The number of methoxy groups -OCH3 is 1. The van der Waals surface area contributed by atoms with Gasteiger partial charge < -0.3 is 14.6 Å². The molecule has 3 heterocycles. The molecule has 2 aromatic heterocycles. The van der Waals surface area contributed by atoms with E-state index in [1.165, 1.54) is 12.8 Å². The molecule has 0 spiro atoms. The Morgan fingerprint density at radius 3 is 3.05 bits per heavy atom. The quantitative estimate of drug-likeness (QED) is 0.915. The third-order valence-electron chi connectivity index (χ3n) is 4.13. The Kier molecular flexibility index (Phi) is 4.80. The Labute approximate surface area is 131 Å². The van der Waals surface area contributed by atoms with Crippen LogP contribution in [0.2, 0.25) is 0 Å². The molecular weight excluding hydrogens is 278 g/mol. The van der Waals surface area contributed by atoms with Crippen LogP contribution in [0.3, 0.4) is 0 Å². The van der Waals surface area contributed by atoms with Crippen LogP contribution in [-0.4, -0.2) is 58.2 Å². The third kappa shape index (κ3) is 3.51. The number of nitrogens with zero attached hydrogens (tertiary/aromatic N) is 4. The van der Waals surface area contributed by atoms with E-state index >= 15 is 0 Å². The maximum Gasteiger partial charge on any atom is 0.157 e. The van der Waals surface area contributed by atoms with E-state index in [0.29, 0.717) is 5.92 Å². The van der Waals surface area contributed by atoms with Crippen LogP contribution in [-0.2, 0) is 4.74 Å². The van der Waals surface area contributed by atoms with Crippen LogP contribution in [0.5, 0.6) is 0 Å². The Balaban J connectivity index is 1.74. The molecule has 1 aliphatic heterocycles. The van der Waals surface area contributed by atoms with Crippen LogP contribution in [0.25, 0.3) is 11.5 Å². The summed E-state index contributed by atoms with van der Waals surface area (Å²) in [4.78, 5) is 19.2. The molecule has 1 saturated heterocycles. The highest BCUT2D eigenvalue weighted by molar-refractivity contribution is 5.48. The molecule has 0 aromatic carbocycles. The Morgan fingerprint density at radius 1 is 1.36 bits per heavy atom. The standard InChI is InChI=1S/C16H23N5O/c1-12-8-18-16(19-12)15-10-17-9-14(20-15)13-4-3-5-21(11-13)6-7-22-2/h8-10,13H,3-7,11H2,1-2H3,(H,18,19)/t13-/m1/s1. The van der Waals surface area contributed by atoms with Gasteiger partial charge in [-0.2, -0.15) is 0 Å². The number of aromatic amines is 1. The Hall–Kier alpha value is -1.79. The zero-order chi connectivity index (χ0) is 15.4. The molecule has 0 saturated carbocycles. The summed E-state index contributed by atoms with van der Waals surface area (Å²) in [6.07, 6.45) is 7.84. The van der Waals surface area contributed by atoms with Gasteiger partial charge >= 0.3 is 0 Å². The summed E-state index contributed by atoms with van der Waals surface area (Å²) in [7, 11) is 1.75. The van der Waals surface area contributed by atoms with E-state index in [9.17, 15) is 0 Å². The van der Waals surface area contributed by atoms with Crippen molar-refractivity contribution >= 4 is 0 Å². The summed E-state index contributed by atoms with van der Waals surface area (Å²) in [5.74, 6) is 1.23. The first kappa shape index (κ1) is 15.1. The number of aromatic nitrogens is 4. The summed E-state index contributed by atoms with van der Waals surface area (Å²) >= 11 is 0. The van der Waals surface area contributed by atoms with Gasteiger partial charge in [0.15, 0.2) is 5.82 Å². The van der Waals surface area contributed by atoms with Crippen molar-refractivity contribution in [3.8, 4) is 11.5 Å². The highest BCUT2D eigenvalue weighted by Crippen LogP contribution is 2.26. The lowest BCUT2D eigenvalue weighted by atomic mass is 9.95. The first-order valence-corrected chi connectivity index (χ1v) is 7.81. The summed E-state index contributed by atoms with van der Waals surface area (Å²) in [5.41, 5.74) is 2.92. The fourth-order valence-corrected chi connectivity index (χ4v) is 2.96. The van der Waals surface area contributed by atoms with E-state index in [2.05, 4.69) is 19.9 Å². The first-order valence-electron chi connectivity index (χ1n) is 7.81. The van der Waals surface area contributed by atoms with Crippen molar-refractivity contribution in [3.05, 3.63) is 30.0 Å². The van der Waals surface area contributed by atoms with Crippen LogP contribution in [0, 0.1) is 6.92 Å². The molecule has 2 aromatic rings. The molecule has 6 heteroatoms. The van der Waals surface area contributed by atoms with Gasteiger partial charge in [0.05, 0.1) is 18.5 Å². The van der Waals surface area contributed by atoms with Gasteiger partial charge in [-0.1, -0.05) is 0 Å². The van der Waals surface area contributed by atoms with Gasteiger partial charge in [0.2, 0.25) is 0 Å². The fourth-order valence-electron chi connectivity index (χ4n) is 2.96. The van der Waals surface area contributed by atoms with Crippen LogP contribution in [0.1, 0.15) is 30.1 Å². The number of imidazole rings is 1. The monoisotopic (exact) mass is 301 g/mol. The number of H-pyrrole nitrogens is 1. The number of rotatable bonds is 5. The summed E-state index contributed by atoms with van der Waals surface area (Å²) in [6, 6.07) is 0. The minimum atomic E-state index is 0.439. The minimum Gasteiger partial charge on any atom is -0.383 e. The molecule has 0 unspecified atom stereocenters.